The molecular formula is C46H79F3N4O14S. The van der Waals surface area contributed by atoms with Crippen molar-refractivity contribution in [1.82, 2.24) is 14.9 Å². The van der Waals surface area contributed by atoms with Crippen LogP contribution in [-0.2, 0) is 49.6 Å². The molecule has 22 heteroatoms. The number of ether oxygens (including phenoxy) is 6. The first-order valence-corrected chi connectivity index (χ1v) is 25.0. The SMILES string of the molecule is CCNC[C@]1(O)[C@H](C)O[C@@H](O[C@H]2[C@H](C)[C@@H](O[C@@H]3O[C@H](C)C[C@H](N(C)S(=O)(=O)Nc4ccc(C(F)(F)F)cc4)[C@H]3O)[C@](C)(O)C[C@@H](C)CN[C@H](C)[C@@H](O)[C@](C)(O)[C@@H](CC)OC(=O)[C@@H]2C)C[C@@]1(C)OC. The average Bonchev–Trinajstić information content (AvgIpc) is 3.25. The smallest absolute Gasteiger partial charge is 0.416 e. The van der Waals surface area contributed by atoms with E-state index >= 15 is 0 Å². The zero-order chi connectivity index (χ0) is 51.5. The Morgan fingerprint density at radius 1 is 0.956 bits per heavy atom. The molecule has 0 bridgehead atoms. The van der Waals surface area contributed by atoms with Gasteiger partial charge in [-0.05, 0) is 111 Å². The predicted molar refractivity (Wildman–Crippen MR) is 245 cm³/mol. The van der Waals surface area contributed by atoms with Crippen molar-refractivity contribution in [2.75, 3.05) is 38.5 Å². The number of nitrogens with zero attached hydrogens (tertiary/aromatic N) is 1. The van der Waals surface area contributed by atoms with E-state index in [4.69, 9.17) is 28.4 Å². The number of carbonyl (C=O) groups excluding carboxylic acids is 1. The molecule has 3 aliphatic heterocycles. The van der Waals surface area contributed by atoms with Crippen LogP contribution in [0.25, 0.3) is 0 Å². The number of cyclic esters (lactones) is 1. The molecule has 0 saturated carbocycles. The number of hydrogen-bond acceptors (Lipinski definition) is 16. The molecule has 0 spiro atoms. The monoisotopic (exact) mass is 1000 g/mol. The number of benzene rings is 1. The summed E-state index contributed by atoms with van der Waals surface area (Å²) in [5, 5.41) is 66.3. The quantitative estimate of drug-likeness (QED) is 0.132. The molecule has 0 unspecified atom stereocenters. The number of halogens is 3. The highest BCUT2D eigenvalue weighted by molar-refractivity contribution is 7.90. The normalized spacial score (nSPS) is 41.9. The summed E-state index contributed by atoms with van der Waals surface area (Å²) in [6.45, 7) is 19.1. The second kappa shape index (κ2) is 22.6. The van der Waals surface area contributed by atoms with Crippen molar-refractivity contribution < 1.29 is 80.3 Å². The number of methoxy groups -OCH3 is 1. The highest BCUT2D eigenvalue weighted by Crippen LogP contribution is 2.43. The van der Waals surface area contributed by atoms with Gasteiger partial charge in [-0.15, -0.1) is 0 Å². The lowest BCUT2D eigenvalue weighted by atomic mass is 9.75. The maximum absolute atomic E-state index is 14.5. The van der Waals surface area contributed by atoms with E-state index in [0.29, 0.717) is 6.54 Å². The minimum Gasteiger partial charge on any atom is -0.459 e. The number of likely N-dealkylation sites (N-methyl/N-ethyl adjacent to an activating group) is 2. The van der Waals surface area contributed by atoms with E-state index < -0.39 is 130 Å². The largest absolute Gasteiger partial charge is 0.459 e. The third-order valence-electron chi connectivity index (χ3n) is 14.5. The van der Waals surface area contributed by atoms with Crippen LogP contribution in [-0.4, -0.2) is 168 Å². The zero-order valence-electron chi connectivity index (χ0n) is 41.7. The maximum atomic E-state index is 14.5. The van der Waals surface area contributed by atoms with Gasteiger partial charge in [-0.3, -0.25) is 9.52 Å². The summed E-state index contributed by atoms with van der Waals surface area (Å²) in [5.41, 5.74) is -7.68. The van der Waals surface area contributed by atoms with Gasteiger partial charge in [-0.2, -0.15) is 25.9 Å². The second-order valence-corrected chi connectivity index (χ2v) is 21.8. The van der Waals surface area contributed by atoms with E-state index in [9.17, 15) is 51.9 Å². The predicted octanol–water partition coefficient (Wildman–Crippen LogP) is 3.28. The lowest BCUT2D eigenvalue weighted by molar-refractivity contribution is -0.336. The average molecular weight is 1000 g/mol. The van der Waals surface area contributed by atoms with Crippen LogP contribution in [0.5, 0.6) is 0 Å². The molecule has 0 radical (unpaired) electrons. The number of anilines is 1. The molecule has 0 aliphatic carbocycles. The third kappa shape index (κ3) is 13.0. The molecule has 1 aromatic rings. The molecule has 4 rings (SSSR count). The van der Waals surface area contributed by atoms with Crippen molar-refractivity contribution in [3.63, 3.8) is 0 Å². The summed E-state index contributed by atoms with van der Waals surface area (Å²) >= 11 is 0. The minimum absolute atomic E-state index is 0.0145. The Kier molecular flexibility index (Phi) is 19.4. The molecule has 3 fully saturated rings. The Bertz CT molecular complexity index is 1900. The maximum Gasteiger partial charge on any atom is 0.416 e. The molecule has 3 heterocycles. The fourth-order valence-electron chi connectivity index (χ4n) is 10.0. The zero-order valence-corrected chi connectivity index (χ0v) is 42.6. The first kappa shape index (κ1) is 58.3. The second-order valence-electron chi connectivity index (χ2n) is 20.0. The molecule has 394 valence electrons. The molecule has 68 heavy (non-hydrogen) atoms. The number of aliphatic hydroxyl groups is 5. The summed E-state index contributed by atoms with van der Waals surface area (Å²) in [6.07, 6.45) is -15.9. The third-order valence-corrected chi connectivity index (χ3v) is 16.0. The molecule has 18 atom stereocenters. The summed E-state index contributed by atoms with van der Waals surface area (Å²) in [7, 11) is -1.87. The molecule has 18 nitrogen and oxygen atoms in total. The van der Waals surface area contributed by atoms with Gasteiger partial charge in [0, 0.05) is 44.8 Å². The van der Waals surface area contributed by atoms with Crippen molar-refractivity contribution in [3.8, 4) is 0 Å². The number of nitrogens with one attached hydrogen (secondary N) is 3. The van der Waals surface area contributed by atoms with Crippen molar-refractivity contribution >= 4 is 21.9 Å². The Balaban J connectivity index is 1.79. The van der Waals surface area contributed by atoms with Crippen LogP contribution < -0.4 is 15.4 Å². The van der Waals surface area contributed by atoms with E-state index in [0.717, 1.165) is 28.6 Å². The van der Waals surface area contributed by atoms with E-state index in [2.05, 4.69) is 15.4 Å². The standard InChI is InChI=1S/C46H79F3N4O14S/c1-14-34-44(11,58)38(55)29(7)51-23-25(3)21-42(9,57)39(27(5)37(28(6)40(56)65-34)66-35-22-43(10,62-13)45(59,24-50-15-2)30(8)64-35)67-41-36(54)33(20-26(4)63-41)53(12)68(60,61)52-32-18-16-31(17-19-32)46(47,48)49/h16-19,25-30,33-39,41,50-52,54-55,57-59H,14-15,20-24H2,1-13H3/t25-,26-,27+,28-,29-,30+,33+,34-,35+,36-,37+,38-,39-,41+,42-,43-,44-,45+/m1/s1. The number of alkyl halides is 3. The topological polar surface area (TPSA) is 247 Å². The highest BCUT2D eigenvalue weighted by atomic mass is 32.2. The van der Waals surface area contributed by atoms with Gasteiger partial charge in [0.05, 0.1) is 47.5 Å². The van der Waals surface area contributed by atoms with Gasteiger partial charge in [0.1, 0.15) is 35.1 Å². The van der Waals surface area contributed by atoms with Crippen LogP contribution in [0.15, 0.2) is 24.3 Å². The van der Waals surface area contributed by atoms with Gasteiger partial charge < -0.3 is 64.6 Å². The van der Waals surface area contributed by atoms with E-state index in [1.54, 1.807) is 41.5 Å². The van der Waals surface area contributed by atoms with Crippen molar-refractivity contribution in [2.24, 2.45) is 17.8 Å². The summed E-state index contributed by atoms with van der Waals surface area (Å²) in [4.78, 5) is 14.5. The van der Waals surface area contributed by atoms with Crippen molar-refractivity contribution in [2.45, 2.75) is 198 Å². The van der Waals surface area contributed by atoms with Crippen LogP contribution in [0.2, 0.25) is 0 Å². The van der Waals surface area contributed by atoms with Crippen LogP contribution in [0.3, 0.4) is 0 Å². The van der Waals surface area contributed by atoms with Gasteiger partial charge in [0.15, 0.2) is 12.6 Å². The van der Waals surface area contributed by atoms with Gasteiger partial charge in [0.25, 0.3) is 0 Å². The Hall–Kier alpha value is -2.29. The minimum atomic E-state index is -4.64. The molecule has 0 aromatic heterocycles. The molecule has 1 aromatic carbocycles. The first-order valence-electron chi connectivity index (χ1n) is 23.6. The van der Waals surface area contributed by atoms with E-state index in [1.807, 2.05) is 13.8 Å². The summed E-state index contributed by atoms with van der Waals surface area (Å²) in [5.74, 6) is -3.41. The first-order chi connectivity index (χ1) is 31.3. The van der Waals surface area contributed by atoms with Crippen molar-refractivity contribution in [1.29, 1.82) is 0 Å². The lowest BCUT2D eigenvalue weighted by Crippen LogP contribution is -2.70. The number of hydrogen-bond donors (Lipinski definition) is 8. The molecule has 0 amide bonds. The van der Waals surface area contributed by atoms with E-state index in [-0.39, 0.29) is 50.4 Å². The summed E-state index contributed by atoms with van der Waals surface area (Å²) < 4.78 is 108. The van der Waals surface area contributed by atoms with Gasteiger partial charge in [-0.25, -0.2) is 0 Å². The van der Waals surface area contributed by atoms with Gasteiger partial charge in [0.2, 0.25) is 0 Å². The highest BCUT2D eigenvalue weighted by Gasteiger charge is 2.58. The number of rotatable bonds is 13. The number of esters is 1. The van der Waals surface area contributed by atoms with Gasteiger partial charge in [-0.1, -0.05) is 27.7 Å². The number of aliphatic hydroxyl groups excluding tert-OH is 2. The molecule has 3 aliphatic rings. The van der Waals surface area contributed by atoms with Crippen LogP contribution in [0.4, 0.5) is 18.9 Å². The van der Waals surface area contributed by atoms with Crippen molar-refractivity contribution in [3.05, 3.63) is 29.8 Å². The lowest BCUT2D eigenvalue weighted by Gasteiger charge is -2.53. The summed E-state index contributed by atoms with van der Waals surface area (Å²) in [6, 6.07) is 1.48. The Morgan fingerprint density at radius 3 is 2.13 bits per heavy atom. The Morgan fingerprint density at radius 2 is 1.57 bits per heavy atom. The van der Waals surface area contributed by atoms with Crippen LogP contribution >= 0.6 is 0 Å². The van der Waals surface area contributed by atoms with Crippen LogP contribution in [0, 0.1) is 17.8 Å². The van der Waals surface area contributed by atoms with Crippen LogP contribution in [0.1, 0.15) is 107 Å². The van der Waals surface area contributed by atoms with Gasteiger partial charge >= 0.3 is 22.4 Å². The van der Waals surface area contributed by atoms with E-state index in [1.165, 1.54) is 34.9 Å². The molecule has 8 N–H and O–H groups in total. The fraction of sp³-hybridized carbons (Fsp3) is 0.848. The Labute approximate surface area is 400 Å². The molecule has 3 saturated heterocycles. The molecular weight excluding hydrogens is 922 g/mol. The fourth-order valence-corrected chi connectivity index (χ4v) is 11.2. The number of carbonyl (C=O) groups is 1.